The van der Waals surface area contributed by atoms with Crippen LogP contribution in [-0.4, -0.2) is 23.5 Å². The Hall–Kier alpha value is -3.70. The summed E-state index contributed by atoms with van der Waals surface area (Å²) < 4.78 is 5.36. The molecule has 1 amide bonds. The number of nitrogens with one attached hydrogen (secondary N) is 1. The van der Waals surface area contributed by atoms with E-state index < -0.39 is 11.9 Å². The zero-order valence-corrected chi connectivity index (χ0v) is 18.4. The van der Waals surface area contributed by atoms with Crippen molar-refractivity contribution < 1.29 is 14.3 Å². The predicted octanol–water partition coefficient (Wildman–Crippen LogP) is 5.97. The summed E-state index contributed by atoms with van der Waals surface area (Å²) in [6.07, 6.45) is 0. The van der Waals surface area contributed by atoms with Gasteiger partial charge in [0.2, 0.25) is 0 Å². The van der Waals surface area contributed by atoms with Crippen molar-refractivity contribution in [2.75, 3.05) is 11.9 Å². The Bertz CT molecular complexity index is 1300. The zero-order valence-electron chi connectivity index (χ0n) is 17.7. The van der Waals surface area contributed by atoms with E-state index in [2.05, 4.69) is 10.3 Å². The Kier molecular flexibility index (Phi) is 6.19. The van der Waals surface area contributed by atoms with Gasteiger partial charge in [0.05, 0.1) is 16.8 Å². The summed E-state index contributed by atoms with van der Waals surface area (Å²) in [7, 11) is 0. The van der Waals surface area contributed by atoms with Crippen LogP contribution in [0, 0.1) is 13.8 Å². The molecule has 0 saturated carbocycles. The number of hydrogen-bond acceptors (Lipinski definition) is 4. The number of carbonyl (C=O) groups excluding carboxylic acids is 2. The first-order valence-electron chi connectivity index (χ1n) is 10.1. The van der Waals surface area contributed by atoms with Crippen molar-refractivity contribution in [3.63, 3.8) is 0 Å². The largest absolute Gasteiger partial charge is 0.452 e. The lowest BCUT2D eigenvalue weighted by Gasteiger charge is -2.12. The van der Waals surface area contributed by atoms with Crippen LogP contribution in [0.1, 0.15) is 21.5 Å². The standard InChI is InChI=1S/C26H21ClN2O3/c1-16-6-5-7-17(2)25(16)29-24(30)15-32-26(31)21-14-23(18-10-12-19(27)13-11-18)28-22-9-4-3-8-20(21)22/h3-14H,15H2,1-2H3,(H,29,30). The summed E-state index contributed by atoms with van der Waals surface area (Å²) in [5.41, 5.74) is 5.06. The fourth-order valence-electron chi connectivity index (χ4n) is 3.51. The van der Waals surface area contributed by atoms with Crippen LogP contribution < -0.4 is 5.32 Å². The average molecular weight is 445 g/mol. The van der Waals surface area contributed by atoms with Gasteiger partial charge in [-0.05, 0) is 49.2 Å². The number of pyridine rings is 1. The highest BCUT2D eigenvalue weighted by Gasteiger charge is 2.17. The second-order valence-electron chi connectivity index (χ2n) is 7.47. The van der Waals surface area contributed by atoms with Crippen LogP contribution in [0.2, 0.25) is 5.02 Å². The van der Waals surface area contributed by atoms with Crippen LogP contribution in [0.3, 0.4) is 0 Å². The third-order valence-electron chi connectivity index (χ3n) is 5.16. The van der Waals surface area contributed by atoms with Crippen LogP contribution in [0.15, 0.2) is 72.8 Å². The molecule has 4 rings (SSSR count). The predicted molar refractivity (Wildman–Crippen MR) is 127 cm³/mol. The maximum absolute atomic E-state index is 12.9. The van der Waals surface area contributed by atoms with Gasteiger partial charge in [-0.2, -0.15) is 0 Å². The summed E-state index contributed by atoms with van der Waals surface area (Å²) in [4.78, 5) is 30.0. The van der Waals surface area contributed by atoms with Gasteiger partial charge in [-0.25, -0.2) is 9.78 Å². The Labute approximate surface area is 191 Å². The molecule has 0 unspecified atom stereocenters. The maximum Gasteiger partial charge on any atom is 0.339 e. The Morgan fingerprint density at radius 2 is 1.62 bits per heavy atom. The van der Waals surface area contributed by atoms with E-state index in [-0.39, 0.29) is 6.61 Å². The van der Waals surface area contributed by atoms with E-state index in [1.54, 1.807) is 24.3 Å². The lowest BCUT2D eigenvalue weighted by Crippen LogP contribution is -2.22. The fourth-order valence-corrected chi connectivity index (χ4v) is 3.63. The van der Waals surface area contributed by atoms with Gasteiger partial charge in [-0.3, -0.25) is 4.79 Å². The minimum Gasteiger partial charge on any atom is -0.452 e. The lowest BCUT2D eigenvalue weighted by molar-refractivity contribution is -0.119. The molecule has 0 atom stereocenters. The minimum atomic E-state index is -0.588. The highest BCUT2D eigenvalue weighted by molar-refractivity contribution is 6.30. The minimum absolute atomic E-state index is 0.348. The van der Waals surface area contributed by atoms with E-state index in [0.717, 1.165) is 22.4 Å². The molecule has 0 radical (unpaired) electrons. The molecule has 0 aliphatic carbocycles. The van der Waals surface area contributed by atoms with Crippen molar-refractivity contribution in [2.24, 2.45) is 0 Å². The summed E-state index contributed by atoms with van der Waals surface area (Å²) in [5, 5.41) is 4.10. The number of fused-ring (bicyclic) bond motifs is 1. The van der Waals surface area contributed by atoms with Gasteiger partial charge in [-0.15, -0.1) is 0 Å². The molecule has 0 saturated heterocycles. The molecule has 0 bridgehead atoms. The van der Waals surface area contributed by atoms with E-state index >= 15 is 0 Å². The number of hydrogen-bond donors (Lipinski definition) is 1. The summed E-state index contributed by atoms with van der Waals surface area (Å²) >= 11 is 5.99. The first-order valence-corrected chi connectivity index (χ1v) is 10.5. The monoisotopic (exact) mass is 444 g/mol. The first-order chi connectivity index (χ1) is 15.4. The van der Waals surface area contributed by atoms with Crippen LogP contribution in [0.4, 0.5) is 5.69 Å². The van der Waals surface area contributed by atoms with Gasteiger partial charge in [0.25, 0.3) is 5.91 Å². The van der Waals surface area contributed by atoms with Crippen molar-refractivity contribution in [2.45, 2.75) is 13.8 Å². The SMILES string of the molecule is Cc1cccc(C)c1NC(=O)COC(=O)c1cc(-c2ccc(Cl)cc2)nc2ccccc12. The molecule has 0 spiro atoms. The molecule has 1 heterocycles. The molecule has 0 aliphatic rings. The second kappa shape index (κ2) is 9.20. The molecule has 0 aliphatic heterocycles. The number of amides is 1. The number of aromatic nitrogens is 1. The molecular weight excluding hydrogens is 424 g/mol. The number of para-hydroxylation sites is 2. The Balaban J connectivity index is 1.57. The highest BCUT2D eigenvalue weighted by atomic mass is 35.5. The number of carbonyl (C=O) groups is 2. The Morgan fingerprint density at radius 1 is 0.938 bits per heavy atom. The van der Waals surface area contributed by atoms with Crippen molar-refractivity contribution in [1.82, 2.24) is 4.98 Å². The highest BCUT2D eigenvalue weighted by Crippen LogP contribution is 2.26. The third-order valence-corrected chi connectivity index (χ3v) is 5.41. The zero-order chi connectivity index (χ0) is 22.7. The second-order valence-corrected chi connectivity index (χ2v) is 7.91. The number of anilines is 1. The Morgan fingerprint density at radius 3 is 2.34 bits per heavy atom. The molecule has 3 aromatic carbocycles. The summed E-state index contributed by atoms with van der Waals surface area (Å²) in [6, 6.07) is 22.0. The van der Waals surface area contributed by atoms with E-state index in [0.29, 0.717) is 27.2 Å². The van der Waals surface area contributed by atoms with Gasteiger partial charge >= 0.3 is 5.97 Å². The third kappa shape index (κ3) is 4.63. The van der Waals surface area contributed by atoms with Gasteiger partial charge in [0.1, 0.15) is 0 Å². The molecular formula is C26H21ClN2O3. The van der Waals surface area contributed by atoms with E-state index in [1.165, 1.54) is 0 Å². The van der Waals surface area contributed by atoms with E-state index in [4.69, 9.17) is 16.3 Å². The molecule has 32 heavy (non-hydrogen) atoms. The molecule has 1 N–H and O–H groups in total. The fraction of sp³-hybridized carbons (Fsp3) is 0.115. The van der Waals surface area contributed by atoms with E-state index in [9.17, 15) is 9.59 Å². The topological polar surface area (TPSA) is 68.3 Å². The van der Waals surface area contributed by atoms with Gasteiger partial charge in [0.15, 0.2) is 6.61 Å². The number of ether oxygens (including phenoxy) is 1. The van der Waals surface area contributed by atoms with Crippen LogP contribution in [0.5, 0.6) is 0 Å². The van der Waals surface area contributed by atoms with Crippen molar-refractivity contribution in [1.29, 1.82) is 0 Å². The van der Waals surface area contributed by atoms with Gasteiger partial charge in [-0.1, -0.05) is 60.1 Å². The van der Waals surface area contributed by atoms with Crippen LogP contribution >= 0.6 is 11.6 Å². The molecule has 1 aromatic heterocycles. The molecule has 6 heteroatoms. The summed E-state index contributed by atoms with van der Waals surface area (Å²) in [5.74, 6) is -0.984. The van der Waals surface area contributed by atoms with Crippen molar-refractivity contribution >= 4 is 40.1 Å². The number of nitrogens with zero attached hydrogens (tertiary/aromatic N) is 1. The molecule has 0 fully saturated rings. The number of halogens is 1. The summed E-state index contributed by atoms with van der Waals surface area (Å²) in [6.45, 7) is 3.44. The van der Waals surface area contributed by atoms with Crippen LogP contribution in [-0.2, 0) is 9.53 Å². The smallest absolute Gasteiger partial charge is 0.339 e. The van der Waals surface area contributed by atoms with Gasteiger partial charge in [0, 0.05) is 21.7 Å². The normalized spacial score (nSPS) is 10.7. The molecule has 4 aromatic rings. The lowest BCUT2D eigenvalue weighted by atomic mass is 10.0. The quantitative estimate of drug-likeness (QED) is 0.385. The van der Waals surface area contributed by atoms with Crippen molar-refractivity contribution in [3.05, 3.63) is 94.5 Å². The van der Waals surface area contributed by atoms with Gasteiger partial charge < -0.3 is 10.1 Å². The number of esters is 1. The molecule has 5 nitrogen and oxygen atoms in total. The van der Waals surface area contributed by atoms with E-state index in [1.807, 2.05) is 62.4 Å². The molecule has 160 valence electrons. The van der Waals surface area contributed by atoms with Crippen molar-refractivity contribution in [3.8, 4) is 11.3 Å². The first kappa shape index (κ1) is 21.5. The average Bonchev–Trinajstić information content (AvgIpc) is 2.79. The van der Waals surface area contributed by atoms with Crippen LogP contribution in [0.25, 0.3) is 22.2 Å². The maximum atomic E-state index is 12.9. The number of benzene rings is 3. The number of rotatable bonds is 5. The number of aryl methyl sites for hydroxylation is 2.